The summed E-state index contributed by atoms with van der Waals surface area (Å²) in [7, 11) is 0. The molecule has 4 nitrogen and oxygen atoms in total. The summed E-state index contributed by atoms with van der Waals surface area (Å²) in [6.07, 6.45) is 1.83. The van der Waals surface area contributed by atoms with Gasteiger partial charge < -0.3 is 0 Å². The minimum atomic E-state index is -0.454. The van der Waals surface area contributed by atoms with Crippen LogP contribution in [0.4, 0.5) is 5.69 Å². The van der Waals surface area contributed by atoms with Crippen LogP contribution < -0.4 is 4.90 Å². The number of hydrogen-bond donors (Lipinski definition) is 0. The third-order valence-corrected chi connectivity index (χ3v) is 5.16. The highest BCUT2D eigenvalue weighted by atomic mass is 79.9. The normalized spacial score (nSPS) is 18.1. The van der Waals surface area contributed by atoms with Gasteiger partial charge in [-0.3, -0.25) is 9.59 Å². The van der Waals surface area contributed by atoms with Gasteiger partial charge in [0.05, 0.1) is 16.0 Å². The number of amides is 2. The van der Waals surface area contributed by atoms with Crippen LogP contribution in [0, 0.1) is 0 Å². The lowest BCUT2D eigenvalue weighted by atomic mass is 10.3. The zero-order valence-corrected chi connectivity index (χ0v) is 14.4. The molecule has 2 heterocycles. The number of halogens is 2. The maximum atomic E-state index is 12.6. The number of anilines is 1. The molecule has 2 aromatic rings. The molecule has 1 aromatic heterocycles. The predicted molar refractivity (Wildman–Crippen MR) is 90.1 cm³/mol. The van der Waals surface area contributed by atoms with Crippen molar-refractivity contribution >= 4 is 56.8 Å². The topological polar surface area (TPSA) is 50.3 Å². The maximum Gasteiger partial charge on any atom is 0.247 e. The molecule has 1 atom stereocenters. The zero-order chi connectivity index (χ0) is 15.7. The third kappa shape index (κ3) is 3.04. The summed E-state index contributed by atoms with van der Waals surface area (Å²) in [5, 5.41) is 0.810. The number of thioether (sulfide) groups is 1. The molecule has 22 heavy (non-hydrogen) atoms. The highest BCUT2D eigenvalue weighted by molar-refractivity contribution is 9.10. The van der Waals surface area contributed by atoms with Gasteiger partial charge in [0.2, 0.25) is 11.8 Å². The number of hydrogen-bond acceptors (Lipinski definition) is 4. The number of aromatic nitrogens is 1. The number of nitrogens with zero attached hydrogens (tertiary/aromatic N) is 2. The second-order valence-corrected chi connectivity index (χ2v) is 7.16. The molecule has 3 rings (SSSR count). The molecular formula is C15H10BrClN2O2S. The molecule has 1 fully saturated rings. The number of benzene rings is 1. The van der Waals surface area contributed by atoms with E-state index >= 15 is 0 Å². The van der Waals surface area contributed by atoms with E-state index in [1.54, 1.807) is 24.4 Å². The van der Waals surface area contributed by atoms with Crippen molar-refractivity contribution in [1.82, 2.24) is 4.98 Å². The molecule has 0 radical (unpaired) electrons. The second kappa shape index (κ2) is 6.40. The van der Waals surface area contributed by atoms with E-state index in [9.17, 15) is 9.59 Å². The molecule has 2 amide bonds. The Morgan fingerprint density at radius 1 is 1.27 bits per heavy atom. The standard InChI is InChI=1S/C15H10BrClN2O2S/c16-10-7-9(17)4-5-11(10)19-14(20)8-12(15(19)21)22-13-3-1-2-6-18-13/h1-7,12H,8H2/t12-/m1/s1. The van der Waals surface area contributed by atoms with Crippen LogP contribution in [-0.4, -0.2) is 22.0 Å². The fourth-order valence-electron chi connectivity index (χ4n) is 2.17. The molecular weight excluding hydrogens is 388 g/mol. The van der Waals surface area contributed by atoms with Crippen LogP contribution in [0.5, 0.6) is 0 Å². The molecule has 0 saturated carbocycles. The van der Waals surface area contributed by atoms with E-state index in [0.29, 0.717) is 15.2 Å². The summed E-state index contributed by atoms with van der Waals surface area (Å²) < 4.78 is 0.616. The van der Waals surface area contributed by atoms with Gasteiger partial charge in [-0.2, -0.15) is 0 Å². The van der Waals surface area contributed by atoms with Gasteiger partial charge >= 0.3 is 0 Å². The van der Waals surface area contributed by atoms with Gasteiger partial charge in [-0.05, 0) is 46.3 Å². The van der Waals surface area contributed by atoms with E-state index in [0.717, 1.165) is 5.03 Å². The van der Waals surface area contributed by atoms with E-state index in [2.05, 4.69) is 20.9 Å². The van der Waals surface area contributed by atoms with E-state index in [4.69, 9.17) is 11.6 Å². The molecule has 0 spiro atoms. The molecule has 1 aliphatic heterocycles. The van der Waals surface area contributed by atoms with Crippen molar-refractivity contribution < 1.29 is 9.59 Å². The fraction of sp³-hybridized carbons (Fsp3) is 0.133. The van der Waals surface area contributed by atoms with E-state index in [-0.39, 0.29) is 18.2 Å². The monoisotopic (exact) mass is 396 g/mol. The highest BCUT2D eigenvalue weighted by Gasteiger charge is 2.41. The van der Waals surface area contributed by atoms with Crippen molar-refractivity contribution in [2.75, 3.05) is 4.90 Å². The fourth-order valence-corrected chi connectivity index (χ4v) is 4.04. The molecule has 0 N–H and O–H groups in total. The number of imide groups is 1. The van der Waals surface area contributed by atoms with Crippen molar-refractivity contribution in [2.45, 2.75) is 16.7 Å². The van der Waals surface area contributed by atoms with Crippen molar-refractivity contribution in [1.29, 1.82) is 0 Å². The van der Waals surface area contributed by atoms with Crippen LogP contribution in [0.2, 0.25) is 5.02 Å². The SMILES string of the molecule is O=C1C[C@@H](Sc2ccccn2)C(=O)N1c1ccc(Cl)cc1Br. The Morgan fingerprint density at radius 2 is 2.09 bits per heavy atom. The minimum absolute atomic E-state index is 0.162. The van der Waals surface area contributed by atoms with Gasteiger partial charge in [-0.25, -0.2) is 9.88 Å². The van der Waals surface area contributed by atoms with Gasteiger partial charge in [-0.15, -0.1) is 0 Å². The Labute approximate surface area is 145 Å². The van der Waals surface area contributed by atoms with E-state index in [1.807, 2.05) is 18.2 Å². The summed E-state index contributed by atoms with van der Waals surface area (Å²) in [4.78, 5) is 30.2. The summed E-state index contributed by atoms with van der Waals surface area (Å²) in [6, 6.07) is 10.5. The smallest absolute Gasteiger partial charge is 0.247 e. The first-order chi connectivity index (χ1) is 10.6. The van der Waals surface area contributed by atoms with Gasteiger partial charge in [0.25, 0.3) is 0 Å². The molecule has 1 aromatic carbocycles. The molecule has 1 aliphatic rings. The largest absolute Gasteiger partial charge is 0.274 e. The van der Waals surface area contributed by atoms with Crippen LogP contribution >= 0.6 is 39.3 Å². The molecule has 112 valence electrons. The Balaban J connectivity index is 1.85. The number of rotatable bonds is 3. The predicted octanol–water partition coefficient (Wildman–Crippen LogP) is 3.92. The molecule has 0 bridgehead atoms. The quantitative estimate of drug-likeness (QED) is 0.737. The Bertz CT molecular complexity index is 742. The Hall–Kier alpha value is -1.37. The average Bonchev–Trinajstić information content (AvgIpc) is 2.75. The number of carbonyl (C=O) groups excluding carboxylic acids is 2. The average molecular weight is 398 g/mol. The van der Waals surface area contributed by atoms with Crippen molar-refractivity contribution in [2.24, 2.45) is 0 Å². The lowest BCUT2D eigenvalue weighted by Gasteiger charge is -2.16. The van der Waals surface area contributed by atoms with Gasteiger partial charge in [0, 0.05) is 22.1 Å². The third-order valence-electron chi connectivity index (χ3n) is 3.16. The summed E-state index contributed by atoms with van der Waals surface area (Å²) in [5.41, 5.74) is 0.517. The van der Waals surface area contributed by atoms with Crippen LogP contribution in [0.3, 0.4) is 0 Å². The summed E-state index contributed by atoms with van der Waals surface area (Å²) in [6.45, 7) is 0. The molecule has 7 heteroatoms. The lowest BCUT2D eigenvalue weighted by molar-refractivity contribution is -0.121. The summed E-state index contributed by atoms with van der Waals surface area (Å²) in [5.74, 6) is -0.454. The van der Waals surface area contributed by atoms with Crippen molar-refractivity contribution in [3.63, 3.8) is 0 Å². The van der Waals surface area contributed by atoms with Crippen molar-refractivity contribution in [3.8, 4) is 0 Å². The lowest BCUT2D eigenvalue weighted by Crippen LogP contribution is -2.31. The maximum absolute atomic E-state index is 12.6. The first-order valence-electron chi connectivity index (χ1n) is 6.46. The second-order valence-electron chi connectivity index (χ2n) is 4.64. The first kappa shape index (κ1) is 15.5. The van der Waals surface area contributed by atoms with Crippen LogP contribution in [-0.2, 0) is 9.59 Å². The molecule has 1 saturated heterocycles. The minimum Gasteiger partial charge on any atom is -0.274 e. The Kier molecular flexibility index (Phi) is 4.52. The highest BCUT2D eigenvalue weighted by Crippen LogP contribution is 2.36. The van der Waals surface area contributed by atoms with Gasteiger partial charge in [0.15, 0.2) is 0 Å². The number of pyridine rings is 1. The van der Waals surface area contributed by atoms with Gasteiger partial charge in [-0.1, -0.05) is 29.4 Å². The van der Waals surface area contributed by atoms with Crippen LogP contribution in [0.25, 0.3) is 0 Å². The van der Waals surface area contributed by atoms with Gasteiger partial charge in [0.1, 0.15) is 0 Å². The summed E-state index contributed by atoms with van der Waals surface area (Å²) >= 11 is 10.6. The molecule has 0 aliphatic carbocycles. The first-order valence-corrected chi connectivity index (χ1v) is 8.51. The van der Waals surface area contributed by atoms with Crippen LogP contribution in [0.1, 0.15) is 6.42 Å². The Morgan fingerprint density at radius 3 is 2.77 bits per heavy atom. The van der Waals surface area contributed by atoms with Crippen molar-refractivity contribution in [3.05, 3.63) is 52.1 Å². The van der Waals surface area contributed by atoms with E-state index < -0.39 is 5.25 Å². The van der Waals surface area contributed by atoms with Crippen LogP contribution in [0.15, 0.2) is 52.1 Å². The van der Waals surface area contributed by atoms with E-state index in [1.165, 1.54) is 16.7 Å². The molecule has 0 unspecified atom stereocenters. The number of carbonyl (C=O) groups is 2. The zero-order valence-electron chi connectivity index (χ0n) is 11.2.